The number of guanidine groups is 1. The van der Waals surface area contributed by atoms with Crippen molar-refractivity contribution >= 4 is 35.8 Å². The number of pyridine rings is 1. The zero-order valence-corrected chi connectivity index (χ0v) is 21.1. The van der Waals surface area contributed by atoms with Gasteiger partial charge >= 0.3 is 0 Å². The number of halogens is 1. The van der Waals surface area contributed by atoms with E-state index in [0.29, 0.717) is 0 Å². The van der Waals surface area contributed by atoms with Crippen molar-refractivity contribution in [3.05, 3.63) is 23.9 Å². The van der Waals surface area contributed by atoms with Crippen molar-refractivity contribution in [2.24, 2.45) is 10.9 Å². The van der Waals surface area contributed by atoms with Gasteiger partial charge in [-0.25, -0.2) is 4.98 Å². The molecule has 170 valence electrons. The highest BCUT2D eigenvalue weighted by molar-refractivity contribution is 14.0. The summed E-state index contributed by atoms with van der Waals surface area (Å²) in [4.78, 5) is 13.8. The number of anilines is 1. The van der Waals surface area contributed by atoms with Gasteiger partial charge in [0, 0.05) is 39.4 Å². The quantitative estimate of drug-likeness (QED) is 0.245. The van der Waals surface area contributed by atoms with E-state index < -0.39 is 0 Å². The lowest BCUT2D eigenvalue weighted by molar-refractivity contribution is 0.0529. The van der Waals surface area contributed by atoms with Crippen LogP contribution in [0.25, 0.3) is 0 Å². The average Bonchev–Trinajstić information content (AvgIpc) is 2.75. The van der Waals surface area contributed by atoms with Gasteiger partial charge in [0.25, 0.3) is 0 Å². The highest BCUT2D eigenvalue weighted by Gasteiger charge is 2.18. The minimum absolute atomic E-state index is 0. The minimum atomic E-state index is 0. The van der Waals surface area contributed by atoms with Gasteiger partial charge in [-0.3, -0.25) is 4.99 Å². The first-order chi connectivity index (χ1) is 14.1. The maximum absolute atomic E-state index is 5.61. The molecule has 0 radical (unpaired) electrons. The van der Waals surface area contributed by atoms with Gasteiger partial charge < -0.3 is 25.2 Å². The van der Waals surface area contributed by atoms with Crippen LogP contribution in [0, 0.1) is 5.92 Å². The molecular weight excluding hydrogens is 491 g/mol. The standard InChI is InChI=1S/C22H38N6O.HI/c1-18-7-11-27(12-8-18)10-4-9-24-22(23-3)26-16-20-5-6-21(25-15-20)28-13-14-29-19(2)17-28;/h5-6,15,18-19H,4,7-14,16-17H2,1-3H3,(H2,23,24,26);1H. The van der Waals surface area contributed by atoms with Gasteiger partial charge in [-0.2, -0.15) is 0 Å². The summed E-state index contributed by atoms with van der Waals surface area (Å²) in [6.45, 7) is 12.4. The van der Waals surface area contributed by atoms with Gasteiger partial charge in [0.2, 0.25) is 0 Å². The van der Waals surface area contributed by atoms with E-state index in [9.17, 15) is 0 Å². The molecule has 2 saturated heterocycles. The molecule has 3 rings (SSSR count). The first-order valence-corrected chi connectivity index (χ1v) is 11.1. The molecule has 1 atom stereocenters. The molecule has 2 N–H and O–H groups in total. The minimum Gasteiger partial charge on any atom is -0.375 e. The van der Waals surface area contributed by atoms with Crippen LogP contribution >= 0.6 is 24.0 Å². The molecule has 1 aromatic rings. The predicted molar refractivity (Wildman–Crippen MR) is 135 cm³/mol. The van der Waals surface area contributed by atoms with Gasteiger partial charge in [-0.15, -0.1) is 24.0 Å². The lowest BCUT2D eigenvalue weighted by Crippen LogP contribution is -2.41. The molecule has 0 aromatic carbocycles. The van der Waals surface area contributed by atoms with Gasteiger partial charge in [0.15, 0.2) is 5.96 Å². The molecule has 7 nitrogen and oxygen atoms in total. The maximum atomic E-state index is 5.61. The molecule has 0 aliphatic carbocycles. The first-order valence-electron chi connectivity index (χ1n) is 11.1. The highest BCUT2D eigenvalue weighted by Crippen LogP contribution is 2.16. The SMILES string of the molecule is CN=C(NCCCN1CCC(C)CC1)NCc1ccc(N2CCOC(C)C2)nc1.I. The smallest absolute Gasteiger partial charge is 0.191 e. The largest absolute Gasteiger partial charge is 0.375 e. The molecule has 1 aromatic heterocycles. The second kappa shape index (κ2) is 13.3. The van der Waals surface area contributed by atoms with Gasteiger partial charge in [0.1, 0.15) is 5.82 Å². The van der Waals surface area contributed by atoms with Crippen molar-refractivity contribution in [1.82, 2.24) is 20.5 Å². The number of aromatic nitrogens is 1. The number of hydrogen-bond acceptors (Lipinski definition) is 5. The van der Waals surface area contributed by atoms with Crippen LogP contribution in [-0.4, -0.2) is 74.9 Å². The van der Waals surface area contributed by atoms with Gasteiger partial charge in [-0.1, -0.05) is 13.0 Å². The Bertz CT molecular complexity index is 633. The van der Waals surface area contributed by atoms with Crippen LogP contribution in [0.3, 0.4) is 0 Å². The fourth-order valence-electron chi connectivity index (χ4n) is 3.94. The summed E-state index contributed by atoms with van der Waals surface area (Å²) >= 11 is 0. The van der Waals surface area contributed by atoms with Crippen LogP contribution in [-0.2, 0) is 11.3 Å². The molecule has 0 bridgehead atoms. The summed E-state index contributed by atoms with van der Waals surface area (Å²) in [5.41, 5.74) is 1.15. The number of likely N-dealkylation sites (tertiary alicyclic amines) is 1. The van der Waals surface area contributed by atoms with Crippen LogP contribution in [0.1, 0.15) is 38.7 Å². The number of nitrogens with zero attached hydrogens (tertiary/aromatic N) is 4. The molecule has 0 spiro atoms. The molecule has 8 heteroatoms. The van der Waals surface area contributed by atoms with Crippen molar-refractivity contribution in [2.75, 3.05) is 57.8 Å². The summed E-state index contributed by atoms with van der Waals surface area (Å²) in [5.74, 6) is 2.77. The van der Waals surface area contributed by atoms with E-state index in [1.165, 1.54) is 32.5 Å². The summed E-state index contributed by atoms with van der Waals surface area (Å²) in [6, 6.07) is 4.24. The van der Waals surface area contributed by atoms with Crippen LogP contribution < -0.4 is 15.5 Å². The zero-order chi connectivity index (χ0) is 20.5. The average molecular weight is 530 g/mol. The molecule has 2 aliphatic rings. The third-order valence-electron chi connectivity index (χ3n) is 5.88. The second-order valence-corrected chi connectivity index (χ2v) is 8.38. The van der Waals surface area contributed by atoms with E-state index >= 15 is 0 Å². The Hall–Kier alpha value is -1.13. The van der Waals surface area contributed by atoms with Gasteiger partial charge in [-0.05, 0) is 63.4 Å². The summed E-state index contributed by atoms with van der Waals surface area (Å²) in [5, 5.41) is 6.81. The van der Waals surface area contributed by atoms with Gasteiger partial charge in [0.05, 0.1) is 12.7 Å². The summed E-state index contributed by atoms with van der Waals surface area (Å²) in [6.07, 6.45) is 6.04. The van der Waals surface area contributed by atoms with Crippen molar-refractivity contribution in [3.63, 3.8) is 0 Å². The molecule has 0 saturated carbocycles. The number of piperidine rings is 1. The van der Waals surface area contributed by atoms with E-state index in [1.807, 2.05) is 13.2 Å². The Balaban J connectivity index is 0.00000320. The molecule has 3 heterocycles. The van der Waals surface area contributed by atoms with Crippen molar-refractivity contribution in [2.45, 2.75) is 45.8 Å². The van der Waals surface area contributed by atoms with Crippen molar-refractivity contribution in [1.29, 1.82) is 0 Å². The monoisotopic (exact) mass is 530 g/mol. The Labute approximate surface area is 199 Å². The maximum Gasteiger partial charge on any atom is 0.191 e. The number of morpholine rings is 1. The Morgan fingerprint density at radius 2 is 2.00 bits per heavy atom. The van der Waals surface area contributed by atoms with E-state index in [-0.39, 0.29) is 30.1 Å². The van der Waals surface area contributed by atoms with E-state index in [2.05, 4.69) is 56.4 Å². The molecule has 2 aliphatic heterocycles. The lowest BCUT2D eigenvalue weighted by atomic mass is 9.99. The van der Waals surface area contributed by atoms with Crippen LogP contribution in [0.5, 0.6) is 0 Å². The third kappa shape index (κ3) is 8.19. The van der Waals surface area contributed by atoms with E-state index in [1.54, 1.807) is 0 Å². The van der Waals surface area contributed by atoms with Crippen LogP contribution in [0.2, 0.25) is 0 Å². The van der Waals surface area contributed by atoms with Crippen molar-refractivity contribution < 1.29 is 4.74 Å². The zero-order valence-electron chi connectivity index (χ0n) is 18.8. The lowest BCUT2D eigenvalue weighted by Gasteiger charge is -2.32. The molecule has 2 fully saturated rings. The number of rotatable bonds is 7. The topological polar surface area (TPSA) is 65.0 Å². The first kappa shape index (κ1) is 25.1. The number of hydrogen-bond donors (Lipinski definition) is 2. The Morgan fingerprint density at radius 3 is 2.67 bits per heavy atom. The summed E-state index contributed by atoms with van der Waals surface area (Å²) in [7, 11) is 1.82. The number of nitrogens with one attached hydrogen (secondary N) is 2. The number of ether oxygens (including phenoxy) is 1. The fraction of sp³-hybridized carbons (Fsp3) is 0.727. The molecule has 1 unspecified atom stereocenters. The fourth-order valence-corrected chi connectivity index (χ4v) is 3.94. The highest BCUT2D eigenvalue weighted by atomic mass is 127. The summed E-state index contributed by atoms with van der Waals surface area (Å²) < 4.78 is 5.61. The normalized spacial score (nSPS) is 21.2. The number of aliphatic imine (C=N–C) groups is 1. The molecule has 30 heavy (non-hydrogen) atoms. The molecule has 0 amide bonds. The van der Waals surface area contributed by atoms with E-state index in [0.717, 1.165) is 62.5 Å². The molecular formula is C22H39IN6O. The Morgan fingerprint density at radius 1 is 1.20 bits per heavy atom. The van der Waals surface area contributed by atoms with Crippen LogP contribution in [0.4, 0.5) is 5.82 Å². The second-order valence-electron chi connectivity index (χ2n) is 8.38. The predicted octanol–water partition coefficient (Wildman–Crippen LogP) is 2.71. The third-order valence-corrected chi connectivity index (χ3v) is 5.88. The van der Waals surface area contributed by atoms with Crippen LogP contribution in [0.15, 0.2) is 23.3 Å². The van der Waals surface area contributed by atoms with Crippen molar-refractivity contribution in [3.8, 4) is 0 Å². The van der Waals surface area contributed by atoms with E-state index in [4.69, 9.17) is 4.74 Å². The Kier molecular flexibility index (Phi) is 11.2.